The molecule has 0 amide bonds. The SMILES string of the molecule is CNC1CCCN(Cc2ccc(Cl)cc2F)C1.Cl. The molecule has 1 unspecified atom stereocenters. The molecule has 0 bridgehead atoms. The summed E-state index contributed by atoms with van der Waals surface area (Å²) in [5.41, 5.74) is 0.728. The van der Waals surface area contributed by atoms with Crippen LogP contribution in [-0.4, -0.2) is 31.1 Å². The lowest BCUT2D eigenvalue weighted by atomic mass is 10.0. The van der Waals surface area contributed by atoms with Crippen molar-refractivity contribution < 1.29 is 4.39 Å². The molecule has 102 valence electrons. The number of nitrogens with zero attached hydrogens (tertiary/aromatic N) is 1. The average Bonchev–Trinajstić information content (AvgIpc) is 2.33. The summed E-state index contributed by atoms with van der Waals surface area (Å²) in [6.07, 6.45) is 2.37. The highest BCUT2D eigenvalue weighted by Crippen LogP contribution is 2.18. The molecule has 0 spiro atoms. The smallest absolute Gasteiger partial charge is 0.129 e. The fourth-order valence-corrected chi connectivity index (χ4v) is 2.48. The number of rotatable bonds is 3. The van der Waals surface area contributed by atoms with Crippen LogP contribution in [0.15, 0.2) is 18.2 Å². The van der Waals surface area contributed by atoms with Crippen LogP contribution in [0.25, 0.3) is 0 Å². The Balaban J connectivity index is 0.00000162. The van der Waals surface area contributed by atoms with E-state index in [9.17, 15) is 4.39 Å². The Bertz CT molecular complexity index is 387. The Morgan fingerprint density at radius 2 is 2.28 bits per heavy atom. The van der Waals surface area contributed by atoms with Crippen LogP contribution < -0.4 is 5.32 Å². The third kappa shape index (κ3) is 4.09. The molecule has 0 aliphatic carbocycles. The second-order valence-corrected chi connectivity index (χ2v) is 5.04. The largest absolute Gasteiger partial charge is 0.316 e. The first-order valence-corrected chi connectivity index (χ1v) is 6.40. The first-order chi connectivity index (χ1) is 8.19. The van der Waals surface area contributed by atoms with Gasteiger partial charge in [0, 0.05) is 29.7 Å². The molecule has 2 rings (SSSR count). The molecule has 1 N–H and O–H groups in total. The zero-order chi connectivity index (χ0) is 12.3. The number of likely N-dealkylation sites (tertiary alicyclic amines) is 1. The van der Waals surface area contributed by atoms with E-state index >= 15 is 0 Å². The van der Waals surface area contributed by atoms with Crippen LogP contribution in [0, 0.1) is 5.82 Å². The fraction of sp³-hybridized carbons (Fsp3) is 0.538. The molecule has 1 aliphatic heterocycles. The summed E-state index contributed by atoms with van der Waals surface area (Å²) in [4.78, 5) is 2.29. The third-order valence-electron chi connectivity index (χ3n) is 3.32. The Labute approximate surface area is 119 Å². The standard InChI is InChI=1S/C13H18ClFN2.ClH/c1-16-12-3-2-6-17(9-12)8-10-4-5-11(14)7-13(10)15;/h4-5,7,12,16H,2-3,6,8-9H2,1H3;1H. The molecule has 0 saturated carbocycles. The fourth-order valence-electron chi connectivity index (χ4n) is 2.33. The van der Waals surface area contributed by atoms with Gasteiger partial charge in [-0.15, -0.1) is 12.4 Å². The normalized spacial score (nSPS) is 20.5. The lowest BCUT2D eigenvalue weighted by Crippen LogP contribution is -2.43. The van der Waals surface area contributed by atoms with Crippen LogP contribution in [0.2, 0.25) is 5.02 Å². The Morgan fingerprint density at radius 1 is 1.50 bits per heavy atom. The van der Waals surface area contributed by atoms with Crippen LogP contribution in [-0.2, 0) is 6.54 Å². The number of benzene rings is 1. The Kier molecular flexibility index (Phi) is 6.36. The molecule has 1 saturated heterocycles. The summed E-state index contributed by atoms with van der Waals surface area (Å²) in [6.45, 7) is 2.69. The molecule has 1 atom stereocenters. The highest BCUT2D eigenvalue weighted by atomic mass is 35.5. The highest BCUT2D eigenvalue weighted by molar-refractivity contribution is 6.30. The van der Waals surface area contributed by atoms with Gasteiger partial charge in [-0.1, -0.05) is 17.7 Å². The molecule has 0 aromatic heterocycles. The maximum absolute atomic E-state index is 13.7. The molecule has 1 aliphatic rings. The van der Waals surface area contributed by atoms with Crippen molar-refractivity contribution in [1.82, 2.24) is 10.2 Å². The van der Waals surface area contributed by atoms with Crippen molar-refractivity contribution in [3.63, 3.8) is 0 Å². The number of piperidine rings is 1. The molecular weight excluding hydrogens is 274 g/mol. The quantitative estimate of drug-likeness (QED) is 0.921. The van der Waals surface area contributed by atoms with Gasteiger partial charge in [-0.25, -0.2) is 4.39 Å². The van der Waals surface area contributed by atoms with Crippen molar-refractivity contribution in [2.24, 2.45) is 0 Å². The maximum Gasteiger partial charge on any atom is 0.129 e. The molecule has 5 heteroatoms. The van der Waals surface area contributed by atoms with E-state index in [0.717, 1.165) is 18.7 Å². The van der Waals surface area contributed by atoms with Gasteiger partial charge in [-0.05, 0) is 38.6 Å². The van der Waals surface area contributed by atoms with E-state index in [2.05, 4.69) is 10.2 Å². The van der Waals surface area contributed by atoms with Gasteiger partial charge in [0.15, 0.2) is 0 Å². The van der Waals surface area contributed by atoms with Crippen LogP contribution in [0.3, 0.4) is 0 Å². The van der Waals surface area contributed by atoms with Gasteiger partial charge < -0.3 is 5.32 Å². The maximum atomic E-state index is 13.7. The van der Waals surface area contributed by atoms with Gasteiger partial charge in [0.2, 0.25) is 0 Å². The van der Waals surface area contributed by atoms with Crippen LogP contribution in [0.1, 0.15) is 18.4 Å². The summed E-state index contributed by atoms with van der Waals surface area (Å²) >= 11 is 5.74. The number of halogens is 3. The van der Waals surface area contributed by atoms with Gasteiger partial charge in [0.25, 0.3) is 0 Å². The Morgan fingerprint density at radius 3 is 2.94 bits per heavy atom. The monoisotopic (exact) mass is 292 g/mol. The minimum atomic E-state index is -0.205. The van der Waals surface area contributed by atoms with Crippen molar-refractivity contribution in [1.29, 1.82) is 0 Å². The zero-order valence-electron chi connectivity index (χ0n) is 10.5. The van der Waals surface area contributed by atoms with Crippen molar-refractivity contribution in [2.75, 3.05) is 20.1 Å². The summed E-state index contributed by atoms with van der Waals surface area (Å²) in [5, 5.41) is 3.74. The van der Waals surface area contributed by atoms with E-state index < -0.39 is 0 Å². The van der Waals surface area contributed by atoms with Gasteiger partial charge in [-0.2, -0.15) is 0 Å². The second-order valence-electron chi connectivity index (χ2n) is 4.60. The van der Waals surface area contributed by atoms with E-state index in [1.807, 2.05) is 7.05 Å². The molecule has 2 nitrogen and oxygen atoms in total. The minimum absolute atomic E-state index is 0. The van der Waals surface area contributed by atoms with Gasteiger partial charge in [-0.3, -0.25) is 4.90 Å². The average molecular weight is 293 g/mol. The van der Waals surface area contributed by atoms with Gasteiger partial charge in [0.1, 0.15) is 5.82 Å². The number of hydrogen-bond donors (Lipinski definition) is 1. The molecule has 18 heavy (non-hydrogen) atoms. The number of likely N-dealkylation sites (N-methyl/N-ethyl adjacent to an activating group) is 1. The molecule has 0 radical (unpaired) electrons. The minimum Gasteiger partial charge on any atom is -0.316 e. The molecular formula is C13H19Cl2FN2. The predicted octanol–water partition coefficient (Wildman–Crippen LogP) is 3.08. The number of hydrogen-bond acceptors (Lipinski definition) is 2. The summed E-state index contributed by atoms with van der Waals surface area (Å²) in [5.74, 6) is -0.205. The molecule has 1 aromatic rings. The molecule has 1 heterocycles. The second kappa shape index (κ2) is 7.29. The van der Waals surface area contributed by atoms with E-state index in [0.29, 0.717) is 17.6 Å². The van der Waals surface area contributed by atoms with E-state index in [-0.39, 0.29) is 18.2 Å². The zero-order valence-corrected chi connectivity index (χ0v) is 12.0. The van der Waals surface area contributed by atoms with Crippen molar-refractivity contribution in [2.45, 2.75) is 25.4 Å². The van der Waals surface area contributed by atoms with Gasteiger partial charge >= 0.3 is 0 Å². The van der Waals surface area contributed by atoms with E-state index in [4.69, 9.17) is 11.6 Å². The number of nitrogens with one attached hydrogen (secondary N) is 1. The summed E-state index contributed by atoms with van der Waals surface area (Å²) in [7, 11) is 1.98. The predicted molar refractivity (Wildman–Crippen MR) is 76.0 cm³/mol. The van der Waals surface area contributed by atoms with E-state index in [1.54, 1.807) is 12.1 Å². The van der Waals surface area contributed by atoms with Crippen molar-refractivity contribution in [3.8, 4) is 0 Å². The summed E-state index contributed by atoms with van der Waals surface area (Å²) < 4.78 is 13.7. The van der Waals surface area contributed by atoms with Crippen LogP contribution in [0.4, 0.5) is 4.39 Å². The summed E-state index contributed by atoms with van der Waals surface area (Å²) in [6, 6.07) is 5.44. The van der Waals surface area contributed by atoms with Crippen LogP contribution in [0.5, 0.6) is 0 Å². The third-order valence-corrected chi connectivity index (χ3v) is 3.56. The molecule has 1 aromatic carbocycles. The van der Waals surface area contributed by atoms with Crippen molar-refractivity contribution in [3.05, 3.63) is 34.6 Å². The lowest BCUT2D eigenvalue weighted by Gasteiger charge is -2.32. The Hall–Kier alpha value is -0.350. The molecule has 1 fully saturated rings. The highest BCUT2D eigenvalue weighted by Gasteiger charge is 2.19. The van der Waals surface area contributed by atoms with E-state index in [1.165, 1.54) is 18.9 Å². The van der Waals surface area contributed by atoms with Gasteiger partial charge in [0.05, 0.1) is 0 Å². The first kappa shape index (κ1) is 15.7. The first-order valence-electron chi connectivity index (χ1n) is 6.02. The van der Waals surface area contributed by atoms with Crippen LogP contribution >= 0.6 is 24.0 Å². The van der Waals surface area contributed by atoms with Crippen molar-refractivity contribution >= 4 is 24.0 Å². The topological polar surface area (TPSA) is 15.3 Å². The lowest BCUT2D eigenvalue weighted by molar-refractivity contribution is 0.186.